The molecule has 1 unspecified atom stereocenters. The Hall–Kier alpha value is -1.86. The van der Waals surface area contributed by atoms with Crippen molar-refractivity contribution in [1.82, 2.24) is 5.32 Å². The number of rotatable bonds is 4. The van der Waals surface area contributed by atoms with E-state index in [9.17, 15) is 4.79 Å². The Morgan fingerprint density at radius 2 is 2.06 bits per heavy atom. The van der Waals surface area contributed by atoms with E-state index in [1.807, 2.05) is 26.0 Å². The summed E-state index contributed by atoms with van der Waals surface area (Å²) in [7, 11) is 0. The maximum Gasteiger partial charge on any atom is 0.237 e. The highest BCUT2D eigenvalue weighted by Gasteiger charge is 2.14. The number of hydrogen-bond donors (Lipinski definition) is 2. The zero-order valence-electron chi connectivity index (χ0n) is 10.1. The third-order valence-electron chi connectivity index (χ3n) is 2.68. The standard InChI is InChI=1S/C13H17N3O/c1-3-12(15)13(17)16-9(2)11-6-4-10(8-14)5-7-11/h4-7,9,12H,3,15H2,1-2H3,(H,16,17)/t9?,12-/m1/s1. The molecule has 17 heavy (non-hydrogen) atoms. The second-order valence-corrected chi connectivity index (χ2v) is 3.98. The van der Waals surface area contributed by atoms with Crippen LogP contribution in [-0.2, 0) is 4.79 Å². The van der Waals surface area contributed by atoms with Crippen molar-refractivity contribution in [2.75, 3.05) is 0 Å². The summed E-state index contributed by atoms with van der Waals surface area (Å²) in [5.74, 6) is -0.149. The molecule has 90 valence electrons. The third-order valence-corrected chi connectivity index (χ3v) is 2.68. The number of nitriles is 1. The van der Waals surface area contributed by atoms with Crippen molar-refractivity contribution in [3.63, 3.8) is 0 Å². The van der Waals surface area contributed by atoms with E-state index in [0.717, 1.165) is 5.56 Å². The van der Waals surface area contributed by atoms with Crippen LogP contribution in [0, 0.1) is 11.3 Å². The zero-order valence-corrected chi connectivity index (χ0v) is 10.1. The van der Waals surface area contributed by atoms with Crippen LogP contribution >= 0.6 is 0 Å². The topological polar surface area (TPSA) is 78.9 Å². The quantitative estimate of drug-likeness (QED) is 0.823. The average Bonchev–Trinajstić information content (AvgIpc) is 2.37. The molecule has 0 radical (unpaired) electrons. The minimum Gasteiger partial charge on any atom is -0.348 e. The molecule has 1 aromatic rings. The molecule has 3 N–H and O–H groups in total. The van der Waals surface area contributed by atoms with E-state index >= 15 is 0 Å². The van der Waals surface area contributed by atoms with Gasteiger partial charge in [-0.3, -0.25) is 4.79 Å². The van der Waals surface area contributed by atoms with Crippen LogP contribution in [0.25, 0.3) is 0 Å². The predicted octanol–water partition coefficient (Wildman–Crippen LogP) is 1.47. The van der Waals surface area contributed by atoms with Gasteiger partial charge < -0.3 is 11.1 Å². The normalized spacial score (nSPS) is 13.5. The van der Waals surface area contributed by atoms with Gasteiger partial charge in [-0.05, 0) is 31.0 Å². The Morgan fingerprint density at radius 1 is 1.47 bits per heavy atom. The molecule has 0 aromatic heterocycles. The fraction of sp³-hybridized carbons (Fsp3) is 0.385. The van der Waals surface area contributed by atoms with Crippen LogP contribution in [0.1, 0.15) is 37.4 Å². The SMILES string of the molecule is CC[C@@H](N)C(=O)NC(C)c1ccc(C#N)cc1. The molecule has 0 aliphatic carbocycles. The van der Waals surface area contributed by atoms with Crippen LogP contribution in [0.4, 0.5) is 0 Å². The number of carbonyl (C=O) groups is 1. The van der Waals surface area contributed by atoms with Gasteiger partial charge in [-0.15, -0.1) is 0 Å². The number of nitrogens with one attached hydrogen (secondary N) is 1. The summed E-state index contributed by atoms with van der Waals surface area (Å²) < 4.78 is 0. The van der Waals surface area contributed by atoms with Crippen LogP contribution < -0.4 is 11.1 Å². The largest absolute Gasteiger partial charge is 0.348 e. The minimum absolute atomic E-state index is 0.104. The first-order valence-electron chi connectivity index (χ1n) is 5.64. The van der Waals surface area contributed by atoms with Crippen molar-refractivity contribution in [2.45, 2.75) is 32.4 Å². The van der Waals surface area contributed by atoms with Gasteiger partial charge >= 0.3 is 0 Å². The summed E-state index contributed by atoms with van der Waals surface area (Å²) in [5.41, 5.74) is 7.20. The molecule has 0 saturated heterocycles. The van der Waals surface area contributed by atoms with Crippen LogP contribution in [0.3, 0.4) is 0 Å². The molecule has 1 rings (SSSR count). The zero-order chi connectivity index (χ0) is 12.8. The summed E-state index contributed by atoms with van der Waals surface area (Å²) in [5, 5.41) is 11.5. The lowest BCUT2D eigenvalue weighted by Gasteiger charge is -2.17. The van der Waals surface area contributed by atoms with E-state index in [4.69, 9.17) is 11.0 Å². The molecular formula is C13H17N3O. The second kappa shape index (κ2) is 6.02. The average molecular weight is 231 g/mol. The summed E-state index contributed by atoms with van der Waals surface area (Å²) >= 11 is 0. The highest BCUT2D eigenvalue weighted by molar-refractivity contribution is 5.81. The van der Waals surface area contributed by atoms with Crippen molar-refractivity contribution in [3.05, 3.63) is 35.4 Å². The molecule has 4 nitrogen and oxygen atoms in total. The second-order valence-electron chi connectivity index (χ2n) is 3.98. The molecule has 0 fully saturated rings. The van der Waals surface area contributed by atoms with Crippen molar-refractivity contribution in [3.8, 4) is 6.07 Å². The van der Waals surface area contributed by atoms with E-state index in [2.05, 4.69) is 11.4 Å². The molecule has 1 amide bonds. The smallest absolute Gasteiger partial charge is 0.237 e. The van der Waals surface area contributed by atoms with Crippen molar-refractivity contribution < 1.29 is 4.79 Å². The van der Waals surface area contributed by atoms with E-state index in [1.54, 1.807) is 12.1 Å². The Labute approximate surface area is 101 Å². The number of hydrogen-bond acceptors (Lipinski definition) is 3. The summed E-state index contributed by atoms with van der Waals surface area (Å²) in [6.45, 7) is 3.76. The molecule has 0 aliphatic heterocycles. The summed E-state index contributed by atoms with van der Waals surface area (Å²) in [6.07, 6.45) is 0.617. The number of nitrogens with two attached hydrogens (primary N) is 1. The van der Waals surface area contributed by atoms with Gasteiger partial charge in [0.15, 0.2) is 0 Å². The number of nitrogens with zero attached hydrogens (tertiary/aromatic N) is 1. The van der Waals surface area contributed by atoms with Crippen LogP contribution in [-0.4, -0.2) is 11.9 Å². The highest BCUT2D eigenvalue weighted by atomic mass is 16.2. The molecule has 4 heteroatoms. The van der Waals surface area contributed by atoms with Crippen molar-refractivity contribution in [2.24, 2.45) is 5.73 Å². The first-order chi connectivity index (χ1) is 8.08. The Bertz CT molecular complexity index is 419. The lowest BCUT2D eigenvalue weighted by atomic mass is 10.1. The van der Waals surface area contributed by atoms with Gasteiger partial charge in [-0.2, -0.15) is 5.26 Å². The molecule has 0 aliphatic rings. The highest BCUT2D eigenvalue weighted by Crippen LogP contribution is 2.13. The molecule has 0 spiro atoms. The van der Waals surface area contributed by atoms with E-state index in [0.29, 0.717) is 12.0 Å². The lowest BCUT2D eigenvalue weighted by Crippen LogP contribution is -2.41. The first-order valence-corrected chi connectivity index (χ1v) is 5.64. The molecule has 1 aromatic carbocycles. The Kier molecular flexibility index (Phi) is 4.68. The van der Waals surface area contributed by atoms with Gasteiger partial charge in [0.1, 0.15) is 0 Å². The molecule has 2 atom stereocenters. The summed E-state index contributed by atoms with van der Waals surface area (Å²) in [6, 6.07) is 8.62. The van der Waals surface area contributed by atoms with Gasteiger partial charge in [0.2, 0.25) is 5.91 Å². The predicted molar refractivity (Wildman–Crippen MR) is 66.0 cm³/mol. The van der Waals surface area contributed by atoms with Gasteiger partial charge in [-0.1, -0.05) is 19.1 Å². The third kappa shape index (κ3) is 3.58. The molecular weight excluding hydrogens is 214 g/mol. The maximum atomic E-state index is 11.6. The van der Waals surface area contributed by atoms with Gasteiger partial charge in [0.05, 0.1) is 23.7 Å². The van der Waals surface area contributed by atoms with Crippen LogP contribution in [0.2, 0.25) is 0 Å². The summed E-state index contributed by atoms with van der Waals surface area (Å²) in [4.78, 5) is 11.6. The molecule has 0 heterocycles. The number of benzene rings is 1. The Balaban J connectivity index is 2.67. The fourth-order valence-electron chi connectivity index (χ4n) is 1.44. The van der Waals surface area contributed by atoms with E-state index < -0.39 is 6.04 Å². The first kappa shape index (κ1) is 13.2. The monoisotopic (exact) mass is 231 g/mol. The fourth-order valence-corrected chi connectivity index (χ4v) is 1.44. The van der Waals surface area contributed by atoms with Crippen LogP contribution in [0.15, 0.2) is 24.3 Å². The minimum atomic E-state index is -0.462. The van der Waals surface area contributed by atoms with E-state index in [1.165, 1.54) is 0 Å². The van der Waals surface area contributed by atoms with Gasteiger partial charge in [0, 0.05) is 0 Å². The molecule has 0 saturated carbocycles. The lowest BCUT2D eigenvalue weighted by molar-refractivity contribution is -0.123. The maximum absolute atomic E-state index is 11.6. The number of amides is 1. The van der Waals surface area contributed by atoms with Crippen LogP contribution in [0.5, 0.6) is 0 Å². The molecule has 0 bridgehead atoms. The van der Waals surface area contributed by atoms with Crippen molar-refractivity contribution in [1.29, 1.82) is 5.26 Å². The van der Waals surface area contributed by atoms with Gasteiger partial charge in [0.25, 0.3) is 0 Å². The number of carbonyl (C=O) groups excluding carboxylic acids is 1. The van der Waals surface area contributed by atoms with Gasteiger partial charge in [-0.25, -0.2) is 0 Å². The Morgan fingerprint density at radius 3 is 2.53 bits per heavy atom. The van der Waals surface area contributed by atoms with Crippen molar-refractivity contribution >= 4 is 5.91 Å². The van der Waals surface area contributed by atoms with E-state index in [-0.39, 0.29) is 11.9 Å².